The summed E-state index contributed by atoms with van der Waals surface area (Å²) in [6, 6.07) is 0. The highest BCUT2D eigenvalue weighted by Gasteiger charge is 2.03. The second-order valence-electron chi connectivity index (χ2n) is 10.4. The highest BCUT2D eigenvalue weighted by Crippen LogP contribution is 2.11. The minimum absolute atomic E-state index is 0.113. The summed E-state index contributed by atoms with van der Waals surface area (Å²) in [5.41, 5.74) is 0. The van der Waals surface area contributed by atoms with E-state index < -0.39 is 0 Å². The fourth-order valence-electron chi connectivity index (χ4n) is 4.27. The van der Waals surface area contributed by atoms with Gasteiger partial charge in [-0.2, -0.15) is 0 Å². The monoisotopic (exact) mass is 544 g/mol. The molecule has 0 aromatic heterocycles. The Balaban J connectivity index is 3.11. The van der Waals surface area contributed by atoms with Crippen LogP contribution in [0.15, 0.2) is 0 Å². The van der Waals surface area contributed by atoms with Crippen LogP contribution in [0.5, 0.6) is 0 Å². The predicted molar refractivity (Wildman–Crippen MR) is 158 cm³/mol. The van der Waals surface area contributed by atoms with E-state index in [0.717, 1.165) is 25.9 Å². The van der Waals surface area contributed by atoms with E-state index in [9.17, 15) is 4.79 Å². The van der Waals surface area contributed by atoms with Crippen LogP contribution in [-0.2, 0) is 28.5 Å². The molecule has 6 heteroatoms. The van der Waals surface area contributed by atoms with Crippen molar-refractivity contribution < 1.29 is 28.5 Å². The Morgan fingerprint density at radius 1 is 0.368 bits per heavy atom. The molecule has 0 aliphatic carbocycles. The average Bonchev–Trinajstić information content (AvgIpc) is 2.92. The number of carbonyl (C=O) groups is 1. The lowest BCUT2D eigenvalue weighted by Gasteiger charge is -2.08. The van der Waals surface area contributed by atoms with Crippen LogP contribution in [0, 0.1) is 0 Å². The van der Waals surface area contributed by atoms with Gasteiger partial charge < -0.3 is 23.7 Å². The summed E-state index contributed by atoms with van der Waals surface area (Å²) in [5, 5.41) is 0. The Labute approximate surface area is 236 Å². The molecule has 0 radical (unpaired) electrons. The van der Waals surface area contributed by atoms with Gasteiger partial charge in [-0.05, 0) is 19.3 Å². The number of hydrogen-bond donors (Lipinski definition) is 0. The molecule has 0 rings (SSSR count). The third kappa shape index (κ3) is 33.3. The number of unbranched alkanes of at least 4 members (excludes halogenated alkanes) is 16. The van der Waals surface area contributed by atoms with Gasteiger partial charge in [0.05, 0.1) is 46.2 Å². The molecule has 0 unspecified atom stereocenters. The fourth-order valence-corrected chi connectivity index (χ4v) is 4.27. The topological polar surface area (TPSA) is 63.2 Å². The van der Waals surface area contributed by atoms with Gasteiger partial charge in [-0.1, -0.05) is 117 Å². The minimum Gasteiger partial charge on any atom is -0.466 e. The zero-order chi connectivity index (χ0) is 27.6. The first-order chi connectivity index (χ1) is 18.8. The third-order valence-electron chi connectivity index (χ3n) is 6.69. The van der Waals surface area contributed by atoms with Crippen LogP contribution in [0.1, 0.15) is 142 Å². The molecule has 0 heterocycles. The second-order valence-corrected chi connectivity index (χ2v) is 10.4. The summed E-state index contributed by atoms with van der Waals surface area (Å²) in [6.45, 7) is 9.95. The van der Waals surface area contributed by atoms with Crippen LogP contribution >= 0.6 is 0 Å². The third-order valence-corrected chi connectivity index (χ3v) is 6.69. The molecule has 0 spiro atoms. The van der Waals surface area contributed by atoms with Crippen LogP contribution in [0.3, 0.4) is 0 Å². The van der Waals surface area contributed by atoms with Crippen molar-refractivity contribution in [2.75, 3.05) is 59.5 Å². The van der Waals surface area contributed by atoms with Gasteiger partial charge in [0.1, 0.15) is 0 Å². The molecular formula is C32H64O6. The molecule has 0 bridgehead atoms. The van der Waals surface area contributed by atoms with Gasteiger partial charge in [0.15, 0.2) is 0 Å². The molecule has 0 saturated heterocycles. The van der Waals surface area contributed by atoms with Crippen LogP contribution in [0.4, 0.5) is 0 Å². The van der Waals surface area contributed by atoms with Crippen LogP contribution < -0.4 is 0 Å². The number of esters is 1. The molecule has 0 amide bonds. The van der Waals surface area contributed by atoms with Gasteiger partial charge in [0.2, 0.25) is 0 Å². The van der Waals surface area contributed by atoms with Gasteiger partial charge in [-0.15, -0.1) is 0 Å². The molecule has 0 saturated carbocycles. The molecule has 38 heavy (non-hydrogen) atoms. The molecular weight excluding hydrogens is 480 g/mol. The normalized spacial score (nSPS) is 11.3. The maximum Gasteiger partial charge on any atom is 0.305 e. The molecule has 6 nitrogen and oxygen atoms in total. The Hall–Kier alpha value is -0.690. The molecule has 228 valence electrons. The van der Waals surface area contributed by atoms with Gasteiger partial charge in [0.25, 0.3) is 0 Å². The van der Waals surface area contributed by atoms with Gasteiger partial charge in [0, 0.05) is 19.6 Å². The standard InChI is InChI=1S/C32H64O6/c1-3-5-7-9-11-13-14-15-17-19-23-34-26-28-36-30-31-37-29-27-35-24-21-22-32(33)38-25-20-18-16-12-10-8-6-4-2/h3-31H2,1-2H3. The van der Waals surface area contributed by atoms with E-state index in [2.05, 4.69) is 13.8 Å². The summed E-state index contributed by atoms with van der Waals surface area (Å²) < 4.78 is 27.5. The van der Waals surface area contributed by atoms with E-state index in [1.54, 1.807) is 0 Å². The quantitative estimate of drug-likeness (QED) is 0.0610. The highest BCUT2D eigenvalue weighted by atomic mass is 16.6. The first kappa shape index (κ1) is 37.3. The van der Waals surface area contributed by atoms with Gasteiger partial charge >= 0.3 is 5.97 Å². The summed E-state index contributed by atoms with van der Waals surface area (Å²) in [5.74, 6) is -0.113. The lowest BCUT2D eigenvalue weighted by molar-refractivity contribution is -0.144. The van der Waals surface area contributed by atoms with E-state index in [-0.39, 0.29) is 5.97 Å². The van der Waals surface area contributed by atoms with E-state index in [1.807, 2.05) is 0 Å². The van der Waals surface area contributed by atoms with Crippen LogP contribution in [0.2, 0.25) is 0 Å². The van der Waals surface area contributed by atoms with E-state index in [0.29, 0.717) is 65.7 Å². The number of rotatable bonds is 33. The zero-order valence-electron chi connectivity index (χ0n) is 25.5. The summed E-state index contributed by atoms with van der Waals surface area (Å²) in [4.78, 5) is 11.7. The Morgan fingerprint density at radius 2 is 0.684 bits per heavy atom. The van der Waals surface area contributed by atoms with Crippen molar-refractivity contribution in [2.45, 2.75) is 142 Å². The lowest BCUT2D eigenvalue weighted by Crippen LogP contribution is -2.12. The average molecular weight is 545 g/mol. The van der Waals surface area contributed by atoms with Gasteiger partial charge in [-0.25, -0.2) is 0 Å². The Kier molecular flexibility index (Phi) is 33.7. The predicted octanol–water partition coefficient (Wildman–Crippen LogP) is 8.44. The van der Waals surface area contributed by atoms with Gasteiger partial charge in [-0.3, -0.25) is 4.79 Å². The summed E-state index contributed by atoms with van der Waals surface area (Å²) in [6.07, 6.45) is 24.6. The molecule has 0 aromatic rings. The number of hydrogen-bond acceptors (Lipinski definition) is 6. The summed E-state index contributed by atoms with van der Waals surface area (Å²) in [7, 11) is 0. The SMILES string of the molecule is CCCCCCCCCCCCOCCOCCOCCOCCCC(=O)OCCCCCCCCCC. The maximum atomic E-state index is 11.7. The molecule has 0 aromatic carbocycles. The molecule has 0 fully saturated rings. The first-order valence-corrected chi connectivity index (χ1v) is 16.3. The van der Waals surface area contributed by atoms with Crippen LogP contribution in [0.25, 0.3) is 0 Å². The van der Waals surface area contributed by atoms with E-state index in [1.165, 1.54) is 96.3 Å². The van der Waals surface area contributed by atoms with Crippen molar-refractivity contribution in [1.29, 1.82) is 0 Å². The Bertz CT molecular complexity index is 446. The van der Waals surface area contributed by atoms with Crippen molar-refractivity contribution in [1.82, 2.24) is 0 Å². The second kappa shape index (κ2) is 34.3. The lowest BCUT2D eigenvalue weighted by atomic mass is 10.1. The fraction of sp³-hybridized carbons (Fsp3) is 0.969. The smallest absolute Gasteiger partial charge is 0.305 e. The minimum atomic E-state index is -0.113. The van der Waals surface area contributed by atoms with E-state index in [4.69, 9.17) is 23.7 Å². The van der Waals surface area contributed by atoms with Crippen molar-refractivity contribution in [3.63, 3.8) is 0 Å². The molecule has 0 atom stereocenters. The van der Waals surface area contributed by atoms with Crippen molar-refractivity contribution >= 4 is 5.97 Å². The number of carbonyl (C=O) groups excluding carboxylic acids is 1. The van der Waals surface area contributed by atoms with Crippen molar-refractivity contribution in [3.05, 3.63) is 0 Å². The van der Waals surface area contributed by atoms with Crippen LogP contribution in [-0.4, -0.2) is 65.4 Å². The molecule has 0 aliphatic heterocycles. The largest absolute Gasteiger partial charge is 0.466 e. The summed E-state index contributed by atoms with van der Waals surface area (Å²) >= 11 is 0. The van der Waals surface area contributed by atoms with Crippen molar-refractivity contribution in [3.8, 4) is 0 Å². The molecule has 0 aliphatic rings. The maximum absolute atomic E-state index is 11.7. The molecule has 0 N–H and O–H groups in total. The zero-order valence-corrected chi connectivity index (χ0v) is 25.5. The van der Waals surface area contributed by atoms with E-state index >= 15 is 0 Å². The first-order valence-electron chi connectivity index (χ1n) is 16.3. The highest BCUT2D eigenvalue weighted by molar-refractivity contribution is 5.69. The Morgan fingerprint density at radius 3 is 1.11 bits per heavy atom. The number of ether oxygens (including phenoxy) is 5. The van der Waals surface area contributed by atoms with Crippen molar-refractivity contribution in [2.24, 2.45) is 0 Å².